The number of aliphatic hydroxyl groups excluding tert-OH is 1. The number of thiazole rings is 1. The predicted molar refractivity (Wildman–Crippen MR) is 90.5 cm³/mol. The average Bonchev–Trinajstić information content (AvgIpc) is 3.02. The van der Waals surface area contributed by atoms with Crippen molar-refractivity contribution in [2.45, 2.75) is 38.8 Å². The van der Waals surface area contributed by atoms with Gasteiger partial charge in [-0.3, -0.25) is 0 Å². The minimum Gasteiger partial charge on any atom is -0.491 e. The summed E-state index contributed by atoms with van der Waals surface area (Å²) in [5.41, 5.74) is 0.991. The lowest BCUT2D eigenvalue weighted by molar-refractivity contribution is 0.104. The van der Waals surface area contributed by atoms with Crippen LogP contribution in [0.5, 0.6) is 5.75 Å². The normalized spacial score (nSPS) is 14.0. The average molecular weight is 338 g/mol. The highest BCUT2D eigenvalue weighted by molar-refractivity contribution is 7.09. The lowest BCUT2D eigenvalue weighted by Crippen LogP contribution is -2.33. The summed E-state index contributed by atoms with van der Waals surface area (Å²) in [6.07, 6.45) is -0.647. The van der Waals surface area contributed by atoms with Crippen molar-refractivity contribution in [3.8, 4) is 5.75 Å². The van der Waals surface area contributed by atoms with E-state index in [0.717, 1.165) is 10.7 Å². The van der Waals surface area contributed by atoms with Crippen molar-refractivity contribution in [2.75, 3.05) is 13.2 Å². The van der Waals surface area contributed by atoms with Crippen LogP contribution in [0.4, 0.5) is 4.39 Å². The van der Waals surface area contributed by atoms with E-state index < -0.39 is 6.10 Å². The van der Waals surface area contributed by atoms with Gasteiger partial charge in [0, 0.05) is 23.9 Å². The number of hydrogen-bond donors (Lipinski definition) is 2. The Morgan fingerprint density at radius 2 is 1.96 bits per heavy atom. The first-order valence-corrected chi connectivity index (χ1v) is 8.58. The first-order valence-electron chi connectivity index (χ1n) is 7.71. The molecular weight excluding hydrogens is 315 g/mol. The lowest BCUT2D eigenvalue weighted by atomic mass is 10.2. The molecule has 2 N–H and O–H groups in total. The van der Waals surface area contributed by atoms with E-state index in [-0.39, 0.29) is 18.5 Å². The standard InChI is InChI=1S/C17H23FN2O2S/c1-11(2)17-20-16(10-23-17)12(3)19-8-14(21)9-22-15-6-4-13(18)5-7-15/h4-7,10-12,14,19,21H,8-9H2,1-3H3/t12-,14+/m1/s1. The highest BCUT2D eigenvalue weighted by Gasteiger charge is 2.13. The summed E-state index contributed by atoms with van der Waals surface area (Å²) in [5.74, 6) is 0.660. The summed E-state index contributed by atoms with van der Waals surface area (Å²) in [6.45, 7) is 6.82. The highest BCUT2D eigenvalue weighted by Crippen LogP contribution is 2.22. The summed E-state index contributed by atoms with van der Waals surface area (Å²) < 4.78 is 18.2. The topological polar surface area (TPSA) is 54.4 Å². The Labute approximate surface area is 140 Å². The summed E-state index contributed by atoms with van der Waals surface area (Å²) in [5, 5.41) is 16.4. The molecule has 0 radical (unpaired) electrons. The molecule has 1 aromatic carbocycles. The number of ether oxygens (including phenoxy) is 1. The van der Waals surface area contributed by atoms with E-state index in [9.17, 15) is 9.50 Å². The smallest absolute Gasteiger partial charge is 0.123 e. The van der Waals surface area contributed by atoms with E-state index in [1.165, 1.54) is 12.1 Å². The second kappa shape index (κ2) is 8.38. The largest absolute Gasteiger partial charge is 0.491 e. The number of aliphatic hydroxyl groups is 1. The van der Waals surface area contributed by atoms with Crippen molar-refractivity contribution >= 4 is 11.3 Å². The maximum absolute atomic E-state index is 12.8. The van der Waals surface area contributed by atoms with Gasteiger partial charge in [-0.25, -0.2) is 9.37 Å². The predicted octanol–water partition coefficient (Wildman–Crippen LogP) is 3.50. The van der Waals surface area contributed by atoms with E-state index in [1.807, 2.05) is 12.3 Å². The third-order valence-corrected chi connectivity index (χ3v) is 4.56. The fraction of sp³-hybridized carbons (Fsp3) is 0.471. The molecule has 0 unspecified atom stereocenters. The Morgan fingerprint density at radius 1 is 1.26 bits per heavy atom. The molecule has 1 heterocycles. The van der Waals surface area contributed by atoms with Gasteiger partial charge >= 0.3 is 0 Å². The van der Waals surface area contributed by atoms with Crippen LogP contribution in [0.1, 0.15) is 43.4 Å². The van der Waals surface area contributed by atoms with Crippen molar-refractivity contribution in [3.05, 3.63) is 46.2 Å². The van der Waals surface area contributed by atoms with E-state index in [1.54, 1.807) is 23.5 Å². The second-order valence-electron chi connectivity index (χ2n) is 5.81. The van der Waals surface area contributed by atoms with Gasteiger partial charge in [0.05, 0.1) is 10.7 Å². The fourth-order valence-corrected chi connectivity index (χ4v) is 2.89. The van der Waals surface area contributed by atoms with Crippen molar-refractivity contribution in [1.82, 2.24) is 10.3 Å². The van der Waals surface area contributed by atoms with Crippen LogP contribution in [-0.2, 0) is 0 Å². The van der Waals surface area contributed by atoms with Crippen LogP contribution in [0.25, 0.3) is 0 Å². The Hall–Kier alpha value is -1.50. The number of halogens is 1. The molecular formula is C17H23FN2O2S. The molecule has 126 valence electrons. The maximum Gasteiger partial charge on any atom is 0.123 e. The van der Waals surface area contributed by atoms with Gasteiger partial charge in [-0.2, -0.15) is 0 Å². The minimum atomic E-state index is -0.647. The van der Waals surface area contributed by atoms with Crippen molar-refractivity contribution in [3.63, 3.8) is 0 Å². The zero-order valence-electron chi connectivity index (χ0n) is 13.6. The Bertz CT molecular complexity index is 601. The van der Waals surface area contributed by atoms with E-state index >= 15 is 0 Å². The third-order valence-electron chi connectivity index (χ3n) is 3.39. The quantitative estimate of drug-likeness (QED) is 0.773. The van der Waals surface area contributed by atoms with Crippen molar-refractivity contribution < 1.29 is 14.2 Å². The fourth-order valence-electron chi connectivity index (χ4n) is 1.96. The minimum absolute atomic E-state index is 0.0687. The maximum atomic E-state index is 12.8. The lowest BCUT2D eigenvalue weighted by Gasteiger charge is -2.16. The van der Waals surface area contributed by atoms with E-state index in [4.69, 9.17) is 4.74 Å². The Kier molecular flexibility index (Phi) is 6.50. The molecule has 0 amide bonds. The Balaban J connectivity index is 1.74. The van der Waals surface area contributed by atoms with Gasteiger partial charge in [0.25, 0.3) is 0 Å². The van der Waals surface area contributed by atoms with Gasteiger partial charge < -0.3 is 15.2 Å². The molecule has 0 saturated heterocycles. The van der Waals surface area contributed by atoms with Gasteiger partial charge in [-0.05, 0) is 31.2 Å². The molecule has 0 fully saturated rings. The van der Waals surface area contributed by atoms with Gasteiger partial charge in [0.15, 0.2) is 0 Å². The molecule has 0 aliphatic carbocycles. The molecule has 4 nitrogen and oxygen atoms in total. The first-order chi connectivity index (χ1) is 11.0. The van der Waals surface area contributed by atoms with Crippen LogP contribution < -0.4 is 10.1 Å². The molecule has 0 aliphatic rings. The van der Waals surface area contributed by atoms with Gasteiger partial charge in [0.1, 0.15) is 24.3 Å². The molecule has 2 atom stereocenters. The van der Waals surface area contributed by atoms with Crippen LogP contribution in [0.2, 0.25) is 0 Å². The highest BCUT2D eigenvalue weighted by atomic mass is 32.1. The monoisotopic (exact) mass is 338 g/mol. The summed E-state index contributed by atoms with van der Waals surface area (Å²) in [7, 11) is 0. The summed E-state index contributed by atoms with van der Waals surface area (Å²) in [4.78, 5) is 4.60. The second-order valence-corrected chi connectivity index (χ2v) is 6.70. The summed E-state index contributed by atoms with van der Waals surface area (Å²) in [6, 6.07) is 5.81. The SMILES string of the molecule is CC(C)c1nc([C@@H](C)NC[C@H](O)COc2ccc(F)cc2)cs1. The zero-order chi connectivity index (χ0) is 16.8. The molecule has 2 rings (SSSR count). The van der Waals surface area contributed by atoms with E-state index in [2.05, 4.69) is 24.1 Å². The number of aromatic nitrogens is 1. The van der Waals surface area contributed by atoms with E-state index in [0.29, 0.717) is 18.2 Å². The molecule has 1 aromatic heterocycles. The molecule has 6 heteroatoms. The van der Waals surface area contributed by atoms with Crippen LogP contribution in [-0.4, -0.2) is 29.3 Å². The number of benzene rings is 1. The van der Waals surface area contributed by atoms with Crippen molar-refractivity contribution in [2.24, 2.45) is 0 Å². The Morgan fingerprint density at radius 3 is 2.57 bits per heavy atom. The molecule has 0 saturated carbocycles. The van der Waals surface area contributed by atoms with Gasteiger partial charge in [-0.1, -0.05) is 13.8 Å². The van der Waals surface area contributed by atoms with Crippen LogP contribution in [0.3, 0.4) is 0 Å². The zero-order valence-corrected chi connectivity index (χ0v) is 14.4. The number of rotatable bonds is 8. The van der Waals surface area contributed by atoms with Gasteiger partial charge in [-0.15, -0.1) is 11.3 Å². The molecule has 0 aliphatic heterocycles. The number of hydrogen-bond acceptors (Lipinski definition) is 5. The molecule has 2 aromatic rings. The van der Waals surface area contributed by atoms with Crippen molar-refractivity contribution in [1.29, 1.82) is 0 Å². The molecule has 0 bridgehead atoms. The summed E-state index contributed by atoms with van der Waals surface area (Å²) >= 11 is 1.66. The van der Waals surface area contributed by atoms with Crippen LogP contribution in [0.15, 0.2) is 29.6 Å². The number of nitrogens with zero attached hydrogens (tertiary/aromatic N) is 1. The molecule has 0 spiro atoms. The number of nitrogens with one attached hydrogen (secondary N) is 1. The van der Waals surface area contributed by atoms with Gasteiger partial charge in [0.2, 0.25) is 0 Å². The van der Waals surface area contributed by atoms with Crippen LogP contribution >= 0.6 is 11.3 Å². The first kappa shape index (κ1) is 17.8. The molecule has 23 heavy (non-hydrogen) atoms. The third kappa shape index (κ3) is 5.57. The van der Waals surface area contributed by atoms with Crippen LogP contribution in [0, 0.1) is 5.82 Å².